The molecule has 0 saturated carbocycles. The number of aromatic nitrogens is 1. The molecular weight excluding hydrogens is 300 g/mol. The highest BCUT2D eigenvalue weighted by Gasteiger charge is 2.19. The molecule has 0 aliphatic carbocycles. The molecule has 0 aliphatic rings. The highest BCUT2D eigenvalue weighted by molar-refractivity contribution is 7.92. The van der Waals surface area contributed by atoms with Crippen molar-refractivity contribution < 1.29 is 13.2 Å². The van der Waals surface area contributed by atoms with Gasteiger partial charge in [-0.1, -0.05) is 0 Å². The first-order valence-corrected chi connectivity index (χ1v) is 8.50. The van der Waals surface area contributed by atoms with Crippen molar-refractivity contribution in [3.05, 3.63) is 47.3 Å². The number of nitrogens with zero attached hydrogens (tertiary/aromatic N) is 1. The molecule has 2 rings (SSSR count). The van der Waals surface area contributed by atoms with Gasteiger partial charge in [0.25, 0.3) is 10.0 Å². The van der Waals surface area contributed by atoms with Crippen molar-refractivity contribution in [3.63, 3.8) is 0 Å². The average Bonchev–Trinajstić information content (AvgIpc) is 2.42. The lowest BCUT2D eigenvalue weighted by Gasteiger charge is -2.14. The van der Waals surface area contributed by atoms with Gasteiger partial charge >= 0.3 is 0 Å². The molecule has 0 radical (unpaired) electrons. The third kappa shape index (κ3) is 3.57. The van der Waals surface area contributed by atoms with E-state index in [-0.39, 0.29) is 4.90 Å². The standard InChI is InChI=1S/C16H20N2O3S/c1-5-21-15-7-13(4)16(8-12(15)3)22(19,20)18-14-6-11(2)9-17-10-14/h6-10,18H,5H2,1-4H3. The van der Waals surface area contributed by atoms with Crippen LogP contribution in [-0.4, -0.2) is 20.0 Å². The second kappa shape index (κ2) is 6.36. The van der Waals surface area contributed by atoms with Crippen LogP contribution in [0.3, 0.4) is 0 Å². The molecule has 0 atom stereocenters. The largest absolute Gasteiger partial charge is 0.494 e. The molecular formula is C16H20N2O3S. The number of hydrogen-bond acceptors (Lipinski definition) is 4. The predicted molar refractivity (Wildman–Crippen MR) is 86.9 cm³/mol. The van der Waals surface area contributed by atoms with Gasteiger partial charge in [-0.25, -0.2) is 8.42 Å². The Morgan fingerprint density at radius 1 is 1.09 bits per heavy atom. The molecule has 0 saturated heterocycles. The molecule has 1 N–H and O–H groups in total. The van der Waals surface area contributed by atoms with E-state index in [2.05, 4.69) is 9.71 Å². The Morgan fingerprint density at radius 2 is 1.82 bits per heavy atom. The fraction of sp³-hybridized carbons (Fsp3) is 0.312. The zero-order valence-corrected chi connectivity index (χ0v) is 14.0. The Hall–Kier alpha value is -2.08. The summed E-state index contributed by atoms with van der Waals surface area (Å²) in [4.78, 5) is 4.24. The maximum absolute atomic E-state index is 12.6. The zero-order chi connectivity index (χ0) is 16.3. The zero-order valence-electron chi connectivity index (χ0n) is 13.2. The summed E-state index contributed by atoms with van der Waals surface area (Å²) in [6, 6.07) is 5.12. The van der Waals surface area contributed by atoms with Gasteiger partial charge in [0, 0.05) is 6.20 Å². The monoisotopic (exact) mass is 320 g/mol. The van der Waals surface area contributed by atoms with Gasteiger partial charge in [-0.2, -0.15) is 0 Å². The van der Waals surface area contributed by atoms with E-state index in [4.69, 9.17) is 4.74 Å². The van der Waals surface area contributed by atoms with Gasteiger partial charge < -0.3 is 4.74 Å². The first-order chi connectivity index (χ1) is 10.3. The molecule has 118 valence electrons. The smallest absolute Gasteiger partial charge is 0.262 e. The Bertz CT molecular complexity index is 786. The van der Waals surface area contributed by atoms with Crippen LogP contribution in [0.5, 0.6) is 5.75 Å². The van der Waals surface area contributed by atoms with E-state index in [9.17, 15) is 8.42 Å². The minimum absolute atomic E-state index is 0.245. The summed E-state index contributed by atoms with van der Waals surface area (Å²) in [6.07, 6.45) is 3.16. The molecule has 22 heavy (non-hydrogen) atoms. The van der Waals surface area contributed by atoms with Crippen LogP contribution in [0, 0.1) is 20.8 Å². The SMILES string of the molecule is CCOc1cc(C)c(S(=O)(=O)Nc2cncc(C)c2)cc1C. The number of sulfonamides is 1. The Labute approximate surface area is 131 Å². The van der Waals surface area contributed by atoms with Gasteiger partial charge in [-0.3, -0.25) is 9.71 Å². The molecule has 1 aromatic carbocycles. The van der Waals surface area contributed by atoms with Gasteiger partial charge in [0.2, 0.25) is 0 Å². The van der Waals surface area contributed by atoms with Gasteiger partial charge in [-0.05, 0) is 62.6 Å². The lowest BCUT2D eigenvalue weighted by Crippen LogP contribution is -2.15. The maximum atomic E-state index is 12.6. The van der Waals surface area contributed by atoms with E-state index in [0.717, 1.165) is 11.1 Å². The number of anilines is 1. The molecule has 1 heterocycles. The van der Waals surface area contributed by atoms with Crippen LogP contribution in [-0.2, 0) is 10.0 Å². The van der Waals surface area contributed by atoms with Crippen molar-refractivity contribution in [1.82, 2.24) is 4.98 Å². The van der Waals surface area contributed by atoms with Crippen LogP contribution in [0.25, 0.3) is 0 Å². The molecule has 1 aromatic heterocycles. The van der Waals surface area contributed by atoms with Crippen LogP contribution in [0.2, 0.25) is 0 Å². The summed E-state index contributed by atoms with van der Waals surface area (Å²) in [5.74, 6) is 0.705. The summed E-state index contributed by atoms with van der Waals surface area (Å²) in [5, 5.41) is 0. The van der Waals surface area contributed by atoms with Crippen molar-refractivity contribution >= 4 is 15.7 Å². The molecule has 0 aliphatic heterocycles. The number of rotatable bonds is 5. The van der Waals surface area contributed by atoms with Crippen LogP contribution < -0.4 is 9.46 Å². The van der Waals surface area contributed by atoms with Gasteiger partial charge in [0.15, 0.2) is 0 Å². The minimum Gasteiger partial charge on any atom is -0.494 e. The van der Waals surface area contributed by atoms with Crippen LogP contribution in [0.1, 0.15) is 23.6 Å². The Kier molecular flexibility index (Phi) is 4.71. The first kappa shape index (κ1) is 16.3. The summed E-state index contributed by atoms with van der Waals surface area (Å²) >= 11 is 0. The topological polar surface area (TPSA) is 68.3 Å². The quantitative estimate of drug-likeness (QED) is 0.918. The summed E-state index contributed by atoms with van der Waals surface area (Å²) < 4.78 is 33.2. The van der Waals surface area contributed by atoms with E-state index < -0.39 is 10.0 Å². The van der Waals surface area contributed by atoms with Crippen molar-refractivity contribution in [2.75, 3.05) is 11.3 Å². The van der Waals surface area contributed by atoms with E-state index in [1.807, 2.05) is 20.8 Å². The Balaban J connectivity index is 2.39. The van der Waals surface area contributed by atoms with Crippen LogP contribution in [0.15, 0.2) is 35.5 Å². The van der Waals surface area contributed by atoms with Gasteiger partial charge in [0.05, 0.1) is 23.4 Å². The second-order valence-corrected chi connectivity index (χ2v) is 6.82. The van der Waals surface area contributed by atoms with Crippen molar-refractivity contribution in [2.24, 2.45) is 0 Å². The van der Waals surface area contributed by atoms with E-state index >= 15 is 0 Å². The highest BCUT2D eigenvalue weighted by Crippen LogP contribution is 2.27. The molecule has 6 heteroatoms. The Morgan fingerprint density at radius 3 is 2.45 bits per heavy atom. The predicted octanol–water partition coefficient (Wildman–Crippen LogP) is 3.21. The average molecular weight is 320 g/mol. The van der Waals surface area contributed by atoms with Gasteiger partial charge in [-0.15, -0.1) is 0 Å². The molecule has 5 nitrogen and oxygen atoms in total. The lowest BCUT2D eigenvalue weighted by molar-refractivity contribution is 0.337. The van der Waals surface area contributed by atoms with Crippen molar-refractivity contribution in [1.29, 1.82) is 0 Å². The lowest BCUT2D eigenvalue weighted by atomic mass is 10.1. The van der Waals surface area contributed by atoms with Crippen LogP contribution in [0.4, 0.5) is 5.69 Å². The maximum Gasteiger partial charge on any atom is 0.262 e. The number of pyridine rings is 1. The molecule has 0 spiro atoms. The number of ether oxygens (including phenoxy) is 1. The molecule has 0 bridgehead atoms. The molecule has 0 unspecified atom stereocenters. The first-order valence-electron chi connectivity index (χ1n) is 7.02. The second-order valence-electron chi connectivity index (χ2n) is 5.17. The summed E-state index contributed by atoms with van der Waals surface area (Å²) in [5.41, 5.74) is 2.77. The third-order valence-electron chi connectivity index (χ3n) is 3.19. The normalized spacial score (nSPS) is 11.3. The van der Waals surface area contributed by atoms with Crippen LogP contribution >= 0.6 is 0 Å². The fourth-order valence-corrected chi connectivity index (χ4v) is 3.53. The summed E-state index contributed by atoms with van der Waals surface area (Å²) in [7, 11) is -3.66. The molecule has 0 fully saturated rings. The van der Waals surface area contributed by atoms with E-state index in [1.165, 1.54) is 6.20 Å². The molecule has 2 aromatic rings. The number of benzene rings is 1. The molecule has 0 amide bonds. The number of aryl methyl sites for hydroxylation is 3. The van der Waals surface area contributed by atoms with E-state index in [1.54, 1.807) is 31.3 Å². The van der Waals surface area contributed by atoms with Crippen molar-refractivity contribution in [3.8, 4) is 5.75 Å². The van der Waals surface area contributed by atoms with Gasteiger partial charge in [0.1, 0.15) is 5.75 Å². The fourth-order valence-electron chi connectivity index (χ4n) is 2.18. The van der Waals surface area contributed by atoms with Crippen molar-refractivity contribution in [2.45, 2.75) is 32.6 Å². The number of nitrogens with one attached hydrogen (secondary N) is 1. The van der Waals surface area contributed by atoms with E-state index in [0.29, 0.717) is 23.6 Å². The highest BCUT2D eigenvalue weighted by atomic mass is 32.2. The summed E-state index contributed by atoms with van der Waals surface area (Å²) in [6.45, 7) is 7.88. The number of hydrogen-bond donors (Lipinski definition) is 1. The minimum atomic E-state index is -3.66. The third-order valence-corrected chi connectivity index (χ3v) is 4.71.